The third-order valence-electron chi connectivity index (χ3n) is 1.42. The van der Waals surface area contributed by atoms with Gasteiger partial charge < -0.3 is 0 Å². The van der Waals surface area contributed by atoms with E-state index in [0.717, 1.165) is 5.56 Å². The van der Waals surface area contributed by atoms with Crippen molar-refractivity contribution in [2.45, 2.75) is 0 Å². The highest BCUT2D eigenvalue weighted by atomic mass is 35.5. The molecule has 0 amide bonds. The van der Waals surface area contributed by atoms with E-state index in [1.54, 1.807) is 18.2 Å². The Hall–Kier alpha value is -0.970. The number of carbonyl (C=O) groups excluding carboxylic acids is 1. The van der Waals surface area contributed by atoms with Crippen LogP contribution < -0.4 is 0 Å². The molecule has 0 aliphatic carbocycles. The van der Waals surface area contributed by atoms with E-state index < -0.39 is 0 Å². The minimum atomic E-state index is 0.277. The van der Waals surface area contributed by atoms with Gasteiger partial charge in [-0.25, -0.2) is 0 Å². The van der Waals surface area contributed by atoms with E-state index in [9.17, 15) is 4.79 Å². The summed E-state index contributed by atoms with van der Waals surface area (Å²) in [6.45, 7) is 0. The van der Waals surface area contributed by atoms with Crippen LogP contribution in [0.25, 0.3) is 0 Å². The fourth-order valence-electron chi connectivity index (χ4n) is 0.847. The maximum absolute atomic E-state index is 10.5. The molecule has 3 heteroatoms. The maximum atomic E-state index is 10.5. The van der Waals surface area contributed by atoms with Crippen molar-refractivity contribution in [3.05, 3.63) is 34.3 Å². The van der Waals surface area contributed by atoms with Crippen molar-refractivity contribution in [2.24, 2.45) is 0 Å². The summed E-state index contributed by atoms with van der Waals surface area (Å²) in [7, 11) is 0. The van der Waals surface area contributed by atoms with Crippen LogP contribution >= 0.6 is 23.2 Å². The van der Waals surface area contributed by atoms with E-state index in [1.165, 1.54) is 0 Å². The van der Waals surface area contributed by atoms with Crippen LogP contribution in [0.5, 0.6) is 0 Å². The average molecular weight is 213 g/mol. The number of hydrogen-bond donors (Lipinski definition) is 0. The molecule has 1 nitrogen and oxygen atoms in total. The number of aldehydes is 1. The first-order valence-electron chi connectivity index (χ1n) is 3.57. The molecule has 0 aliphatic heterocycles. The molecule has 0 saturated heterocycles. The molecule has 0 bridgehead atoms. The van der Waals surface area contributed by atoms with Gasteiger partial charge in [0.15, 0.2) is 6.29 Å². The fourth-order valence-corrected chi connectivity index (χ4v) is 1.08. The van der Waals surface area contributed by atoms with Gasteiger partial charge in [-0.05, 0) is 18.2 Å². The van der Waals surface area contributed by atoms with Gasteiger partial charge in [-0.3, -0.25) is 4.79 Å². The van der Waals surface area contributed by atoms with Crippen molar-refractivity contribution in [2.75, 3.05) is 5.88 Å². The normalized spacial score (nSPS) is 8.77. The van der Waals surface area contributed by atoms with Gasteiger partial charge in [0.25, 0.3) is 0 Å². The van der Waals surface area contributed by atoms with Crippen molar-refractivity contribution < 1.29 is 4.79 Å². The van der Waals surface area contributed by atoms with Crippen LogP contribution in [0.1, 0.15) is 15.9 Å². The standard InChI is InChI=1S/C10H6Cl2O/c11-5-1-2-8-3-4-10(12)9(6-8)7-13/h3-4,6-7H,5H2. The minimum Gasteiger partial charge on any atom is -0.298 e. The van der Waals surface area contributed by atoms with Crippen LogP contribution in [0, 0.1) is 11.8 Å². The van der Waals surface area contributed by atoms with E-state index in [0.29, 0.717) is 16.9 Å². The highest BCUT2D eigenvalue weighted by Crippen LogP contribution is 2.14. The molecule has 0 aliphatic rings. The molecule has 66 valence electrons. The molecule has 0 atom stereocenters. The summed E-state index contributed by atoms with van der Waals surface area (Å²) >= 11 is 11.1. The molecule has 0 saturated carbocycles. The zero-order valence-electron chi connectivity index (χ0n) is 6.68. The number of rotatable bonds is 1. The number of alkyl halides is 1. The Morgan fingerprint density at radius 1 is 1.46 bits per heavy atom. The Labute approximate surface area is 86.7 Å². The molecule has 0 N–H and O–H groups in total. The molecule has 13 heavy (non-hydrogen) atoms. The van der Waals surface area contributed by atoms with Crippen molar-refractivity contribution in [1.82, 2.24) is 0 Å². The first-order valence-corrected chi connectivity index (χ1v) is 4.48. The Morgan fingerprint density at radius 2 is 2.23 bits per heavy atom. The van der Waals surface area contributed by atoms with Gasteiger partial charge in [-0.15, -0.1) is 11.6 Å². The summed E-state index contributed by atoms with van der Waals surface area (Å²) in [5, 5.41) is 0.437. The Kier molecular flexibility index (Phi) is 3.82. The summed E-state index contributed by atoms with van der Waals surface area (Å²) in [6.07, 6.45) is 0.703. The third-order valence-corrected chi connectivity index (χ3v) is 1.90. The molecular formula is C10H6Cl2O. The molecule has 0 unspecified atom stereocenters. The van der Waals surface area contributed by atoms with E-state index in [4.69, 9.17) is 23.2 Å². The number of carbonyl (C=O) groups is 1. The predicted octanol–water partition coefficient (Wildman–Crippen LogP) is 2.74. The van der Waals surface area contributed by atoms with Crippen molar-refractivity contribution in [1.29, 1.82) is 0 Å². The van der Waals surface area contributed by atoms with Crippen molar-refractivity contribution in [3.8, 4) is 11.8 Å². The Bertz CT molecular complexity index is 374. The molecule has 0 radical (unpaired) electrons. The second-order valence-electron chi connectivity index (χ2n) is 2.29. The molecule has 1 aromatic rings. The van der Waals surface area contributed by atoms with Crippen LogP contribution in [0.2, 0.25) is 5.02 Å². The molecular weight excluding hydrogens is 207 g/mol. The van der Waals surface area contributed by atoms with E-state index >= 15 is 0 Å². The second-order valence-corrected chi connectivity index (χ2v) is 2.96. The zero-order chi connectivity index (χ0) is 9.68. The van der Waals surface area contributed by atoms with Crippen LogP contribution in [0.3, 0.4) is 0 Å². The monoisotopic (exact) mass is 212 g/mol. The van der Waals surface area contributed by atoms with Gasteiger partial charge in [0, 0.05) is 11.1 Å². The number of halogens is 2. The Balaban J connectivity index is 3.06. The quantitative estimate of drug-likeness (QED) is 0.398. The molecule has 0 spiro atoms. The van der Waals surface area contributed by atoms with Crippen LogP contribution in [-0.4, -0.2) is 12.2 Å². The van der Waals surface area contributed by atoms with E-state index in [-0.39, 0.29) is 5.88 Å². The average Bonchev–Trinajstić information content (AvgIpc) is 2.16. The largest absolute Gasteiger partial charge is 0.298 e. The minimum absolute atomic E-state index is 0.277. The van der Waals surface area contributed by atoms with Crippen LogP contribution in [0.4, 0.5) is 0 Å². The van der Waals surface area contributed by atoms with Gasteiger partial charge in [0.05, 0.1) is 10.9 Å². The fraction of sp³-hybridized carbons (Fsp3) is 0.100. The molecule has 0 fully saturated rings. The smallest absolute Gasteiger partial charge is 0.151 e. The predicted molar refractivity (Wildman–Crippen MR) is 54.4 cm³/mol. The number of hydrogen-bond acceptors (Lipinski definition) is 1. The summed E-state index contributed by atoms with van der Waals surface area (Å²) in [4.78, 5) is 10.5. The lowest BCUT2D eigenvalue weighted by atomic mass is 10.1. The van der Waals surface area contributed by atoms with Crippen molar-refractivity contribution >= 4 is 29.5 Å². The lowest BCUT2D eigenvalue weighted by Crippen LogP contribution is -1.83. The zero-order valence-corrected chi connectivity index (χ0v) is 8.19. The summed E-state index contributed by atoms with van der Waals surface area (Å²) in [5.41, 5.74) is 1.19. The summed E-state index contributed by atoms with van der Waals surface area (Å²) in [5.74, 6) is 5.77. The van der Waals surface area contributed by atoms with Gasteiger partial charge >= 0.3 is 0 Å². The second kappa shape index (κ2) is 4.91. The third kappa shape index (κ3) is 2.77. The van der Waals surface area contributed by atoms with Crippen molar-refractivity contribution in [3.63, 3.8) is 0 Å². The molecule has 0 heterocycles. The summed E-state index contributed by atoms with van der Waals surface area (Å²) in [6, 6.07) is 5.02. The lowest BCUT2D eigenvalue weighted by molar-refractivity contribution is 0.112. The maximum Gasteiger partial charge on any atom is 0.151 e. The van der Waals surface area contributed by atoms with Gasteiger partial charge in [-0.1, -0.05) is 23.4 Å². The van der Waals surface area contributed by atoms with E-state index in [1.807, 2.05) is 0 Å². The molecule has 0 aromatic heterocycles. The van der Waals surface area contributed by atoms with Crippen LogP contribution in [-0.2, 0) is 0 Å². The highest BCUT2D eigenvalue weighted by molar-refractivity contribution is 6.32. The lowest BCUT2D eigenvalue weighted by Gasteiger charge is -1.95. The molecule has 1 rings (SSSR count). The first kappa shape index (κ1) is 10.1. The highest BCUT2D eigenvalue weighted by Gasteiger charge is 1.98. The van der Waals surface area contributed by atoms with Gasteiger partial charge in [0.2, 0.25) is 0 Å². The number of benzene rings is 1. The van der Waals surface area contributed by atoms with Crippen LogP contribution in [0.15, 0.2) is 18.2 Å². The van der Waals surface area contributed by atoms with E-state index in [2.05, 4.69) is 11.8 Å². The SMILES string of the molecule is O=Cc1cc(C#CCCl)ccc1Cl. The summed E-state index contributed by atoms with van der Waals surface area (Å²) < 4.78 is 0. The topological polar surface area (TPSA) is 17.1 Å². The first-order chi connectivity index (χ1) is 6.27. The van der Waals surface area contributed by atoms with Gasteiger partial charge in [-0.2, -0.15) is 0 Å². The molecule has 1 aromatic carbocycles. The van der Waals surface area contributed by atoms with Gasteiger partial charge in [0.1, 0.15) is 0 Å². The Morgan fingerprint density at radius 3 is 2.85 bits per heavy atom.